The predicted octanol–water partition coefficient (Wildman–Crippen LogP) is 5.80. The summed E-state index contributed by atoms with van der Waals surface area (Å²) < 4.78 is 28.8. The van der Waals surface area contributed by atoms with E-state index in [0.29, 0.717) is 36.5 Å². The molecule has 0 unspecified atom stereocenters. The molecule has 1 fully saturated rings. The average Bonchev–Trinajstić information content (AvgIpc) is 3.17. The van der Waals surface area contributed by atoms with Crippen LogP contribution in [0.5, 0.6) is 5.75 Å². The Morgan fingerprint density at radius 2 is 1.76 bits per heavy atom. The number of anilines is 1. The molecule has 42 heavy (non-hydrogen) atoms. The van der Waals surface area contributed by atoms with Gasteiger partial charge in [0.1, 0.15) is 5.75 Å². The Balaban J connectivity index is 1.53. The number of hydrogen-bond acceptors (Lipinski definition) is 7. The molecule has 2 atom stereocenters. The number of nitrogens with one attached hydrogen (secondary N) is 2. The lowest BCUT2D eigenvalue weighted by atomic mass is 9.99. The summed E-state index contributed by atoms with van der Waals surface area (Å²) in [5.41, 5.74) is 4.12. The maximum Gasteiger partial charge on any atom is 0.251 e. The first-order valence-electron chi connectivity index (χ1n) is 14.8. The van der Waals surface area contributed by atoms with Crippen molar-refractivity contribution in [3.05, 3.63) is 95.1 Å². The Kier molecular flexibility index (Phi) is 11.7. The molecule has 1 aliphatic rings. The average molecular weight is 596 g/mol. The fourth-order valence-corrected chi connectivity index (χ4v) is 7.03. The van der Waals surface area contributed by atoms with Gasteiger partial charge in [0.2, 0.25) is 0 Å². The Morgan fingerprint density at radius 1 is 0.976 bits per heavy atom. The van der Waals surface area contributed by atoms with Crippen molar-refractivity contribution in [2.24, 2.45) is 0 Å². The summed E-state index contributed by atoms with van der Waals surface area (Å²) in [5, 5.41) is 17.7. The Hall–Kier alpha value is -3.08. The minimum absolute atomic E-state index is 0.283. The molecule has 0 aliphatic carbocycles. The highest BCUT2D eigenvalue weighted by Gasteiger charge is 2.27. The Labute approximate surface area is 251 Å². The van der Waals surface area contributed by atoms with Crippen LogP contribution in [0.4, 0.5) is 5.69 Å². The van der Waals surface area contributed by atoms with Crippen molar-refractivity contribution < 1.29 is 23.7 Å². The van der Waals surface area contributed by atoms with Gasteiger partial charge in [-0.15, -0.1) is 10.8 Å². The van der Waals surface area contributed by atoms with E-state index in [0.717, 1.165) is 54.5 Å². The molecule has 1 saturated heterocycles. The molecule has 1 heterocycles. The van der Waals surface area contributed by atoms with Crippen LogP contribution in [0.25, 0.3) is 0 Å². The molecule has 0 spiro atoms. The number of nitrogens with zero attached hydrogens (tertiary/aromatic N) is 1. The normalized spacial score (nSPS) is 17.1. The number of aliphatic hydroxyl groups is 1. The van der Waals surface area contributed by atoms with Crippen LogP contribution in [0, 0.1) is 0 Å². The molecule has 0 bridgehead atoms. The van der Waals surface area contributed by atoms with Crippen LogP contribution in [0.3, 0.4) is 0 Å². The summed E-state index contributed by atoms with van der Waals surface area (Å²) in [7, 11) is -1.32. The number of carbonyl (C=O) groups is 1. The van der Waals surface area contributed by atoms with Crippen LogP contribution in [0.2, 0.25) is 0 Å². The van der Waals surface area contributed by atoms with Crippen molar-refractivity contribution in [2.45, 2.75) is 64.1 Å². The second kappa shape index (κ2) is 15.4. The number of aliphatic hydroxyl groups excluding tert-OH is 1. The molecule has 5 N–H and O–H groups in total. The first-order chi connectivity index (χ1) is 20.3. The Morgan fingerprint density at radius 3 is 2.52 bits per heavy atom. The first kappa shape index (κ1) is 31.8. The zero-order valence-electron chi connectivity index (χ0n) is 24.7. The molecule has 1 aliphatic heterocycles. The van der Waals surface area contributed by atoms with E-state index < -0.39 is 22.9 Å². The molecular weight excluding hydrogens is 550 g/mol. The SMILES string of the molecule is CCCc1cc(C(=O)N[C@@H](Cc2ccccc2)[C@H](O)CNCc2cccc(OC)c2)cc(N2CCCCCS2(O)O)c1. The summed E-state index contributed by atoms with van der Waals surface area (Å²) in [6.07, 6.45) is 3.85. The van der Waals surface area contributed by atoms with Gasteiger partial charge in [-0.2, -0.15) is 0 Å². The van der Waals surface area contributed by atoms with Crippen LogP contribution in [0.15, 0.2) is 72.8 Å². The lowest BCUT2D eigenvalue weighted by Gasteiger charge is -2.43. The van der Waals surface area contributed by atoms with E-state index in [1.54, 1.807) is 17.5 Å². The number of rotatable bonds is 13. The molecule has 0 radical (unpaired) electrons. The van der Waals surface area contributed by atoms with Crippen molar-refractivity contribution in [2.75, 3.05) is 30.3 Å². The van der Waals surface area contributed by atoms with Gasteiger partial charge in [-0.25, -0.2) is 0 Å². The zero-order chi connectivity index (χ0) is 30.0. The third-order valence-electron chi connectivity index (χ3n) is 7.59. The van der Waals surface area contributed by atoms with Gasteiger partial charge in [-0.3, -0.25) is 18.2 Å². The molecule has 228 valence electrons. The summed E-state index contributed by atoms with van der Waals surface area (Å²) >= 11 is 0. The third-order valence-corrected chi connectivity index (χ3v) is 9.53. The lowest BCUT2D eigenvalue weighted by molar-refractivity contribution is 0.0830. The van der Waals surface area contributed by atoms with E-state index in [1.165, 1.54) is 0 Å². The summed E-state index contributed by atoms with van der Waals surface area (Å²) in [4.78, 5) is 13.7. The third kappa shape index (κ3) is 8.96. The smallest absolute Gasteiger partial charge is 0.251 e. The predicted molar refractivity (Wildman–Crippen MR) is 171 cm³/mol. The quantitative estimate of drug-likeness (QED) is 0.170. The summed E-state index contributed by atoms with van der Waals surface area (Å²) in [5.74, 6) is 0.809. The molecule has 3 aromatic carbocycles. The maximum absolute atomic E-state index is 13.7. The second-order valence-electron chi connectivity index (χ2n) is 11.0. The highest BCUT2D eigenvalue weighted by atomic mass is 32.3. The minimum Gasteiger partial charge on any atom is -0.497 e. The molecular formula is C33H45N3O5S. The molecule has 1 amide bonds. The van der Waals surface area contributed by atoms with Crippen molar-refractivity contribution in [1.82, 2.24) is 10.6 Å². The van der Waals surface area contributed by atoms with Crippen molar-refractivity contribution in [3.8, 4) is 5.75 Å². The molecule has 0 saturated carbocycles. The van der Waals surface area contributed by atoms with Crippen molar-refractivity contribution >= 4 is 22.4 Å². The number of amides is 1. The van der Waals surface area contributed by atoms with Crippen LogP contribution in [-0.4, -0.2) is 58.2 Å². The zero-order valence-corrected chi connectivity index (χ0v) is 25.5. The number of benzene rings is 3. The molecule has 8 nitrogen and oxygen atoms in total. The van der Waals surface area contributed by atoms with E-state index in [4.69, 9.17) is 4.74 Å². The summed E-state index contributed by atoms with van der Waals surface area (Å²) in [6.45, 7) is 3.44. The van der Waals surface area contributed by atoms with Gasteiger partial charge in [0.25, 0.3) is 5.91 Å². The fraction of sp³-hybridized carbons (Fsp3) is 0.424. The monoisotopic (exact) mass is 595 g/mol. The number of aryl methyl sites for hydroxylation is 1. The van der Waals surface area contributed by atoms with E-state index in [1.807, 2.05) is 66.7 Å². The van der Waals surface area contributed by atoms with Gasteiger partial charge in [0.15, 0.2) is 0 Å². The molecule has 3 aromatic rings. The molecule has 9 heteroatoms. The molecule has 0 aromatic heterocycles. The van der Waals surface area contributed by atoms with Crippen LogP contribution >= 0.6 is 10.8 Å². The van der Waals surface area contributed by atoms with Crippen LogP contribution < -0.4 is 19.7 Å². The van der Waals surface area contributed by atoms with E-state index >= 15 is 0 Å². The van der Waals surface area contributed by atoms with Gasteiger partial charge in [-0.05, 0) is 79.1 Å². The van der Waals surface area contributed by atoms with Crippen molar-refractivity contribution in [3.63, 3.8) is 0 Å². The fourth-order valence-electron chi connectivity index (χ4n) is 5.36. The van der Waals surface area contributed by atoms with Gasteiger partial charge in [-0.1, -0.05) is 55.8 Å². The topological polar surface area (TPSA) is 114 Å². The number of hydrogen-bond donors (Lipinski definition) is 5. The first-order valence-corrected chi connectivity index (χ1v) is 16.5. The number of carbonyl (C=O) groups excluding carboxylic acids is 1. The van der Waals surface area contributed by atoms with Crippen LogP contribution in [-0.2, 0) is 19.4 Å². The van der Waals surface area contributed by atoms with E-state index in [9.17, 15) is 19.0 Å². The number of methoxy groups -OCH3 is 1. The van der Waals surface area contributed by atoms with Crippen LogP contribution in [0.1, 0.15) is 59.7 Å². The largest absolute Gasteiger partial charge is 0.497 e. The number of ether oxygens (including phenoxy) is 1. The van der Waals surface area contributed by atoms with Gasteiger partial charge in [0.05, 0.1) is 30.7 Å². The lowest BCUT2D eigenvalue weighted by Crippen LogP contribution is -2.48. The molecule has 4 rings (SSSR count). The van der Waals surface area contributed by atoms with Gasteiger partial charge < -0.3 is 20.5 Å². The van der Waals surface area contributed by atoms with E-state index in [-0.39, 0.29) is 12.5 Å². The second-order valence-corrected chi connectivity index (χ2v) is 13.1. The van der Waals surface area contributed by atoms with Crippen molar-refractivity contribution in [1.29, 1.82) is 0 Å². The van der Waals surface area contributed by atoms with Gasteiger partial charge >= 0.3 is 0 Å². The minimum atomic E-state index is -2.96. The highest BCUT2D eigenvalue weighted by Crippen LogP contribution is 2.49. The maximum atomic E-state index is 13.7. The van der Waals surface area contributed by atoms with Gasteiger partial charge in [0, 0.05) is 25.2 Å². The highest BCUT2D eigenvalue weighted by molar-refractivity contribution is 8.25. The standard InChI is InChI=1S/C33H45N3O5S/c1-3-11-26-18-28(22-29(19-26)36-16-8-5-9-17-42(36,39)40)33(38)35-31(21-25-12-6-4-7-13-25)32(37)24-34-23-27-14-10-15-30(20-27)41-2/h4,6-7,10,12-15,18-20,22,31-32,34,37,39-40H,3,5,8-9,11,16-17,21,23-24H2,1-2H3,(H,35,38)/t31-,32+/m0/s1. The van der Waals surface area contributed by atoms with E-state index in [2.05, 4.69) is 17.6 Å². The Bertz CT molecular complexity index is 1290. The summed E-state index contributed by atoms with van der Waals surface area (Å²) in [6, 6.07) is 22.6.